The lowest BCUT2D eigenvalue weighted by atomic mass is 10.2. The minimum Gasteiger partial charge on any atom is -0.494 e. The highest BCUT2D eigenvalue weighted by Gasteiger charge is 2.16. The first kappa shape index (κ1) is 19.2. The van der Waals surface area contributed by atoms with Crippen LogP contribution in [-0.2, 0) is 6.42 Å². The average Bonchev–Trinajstić information content (AvgIpc) is 3.25. The number of rotatable bonds is 5. The van der Waals surface area contributed by atoms with Crippen molar-refractivity contribution >= 4 is 44.9 Å². The van der Waals surface area contributed by atoms with Crippen molar-refractivity contribution in [3.05, 3.63) is 53.6 Å². The van der Waals surface area contributed by atoms with Gasteiger partial charge in [0, 0.05) is 29.5 Å². The number of methoxy groups -OCH3 is 1. The van der Waals surface area contributed by atoms with Crippen LogP contribution < -0.4 is 10.1 Å². The van der Waals surface area contributed by atoms with Gasteiger partial charge >= 0.3 is 0 Å². The molecule has 4 rings (SSSR count). The lowest BCUT2D eigenvalue weighted by molar-refractivity contribution is 0.386. The summed E-state index contributed by atoms with van der Waals surface area (Å²) in [5.74, 6) is 0.440. The summed E-state index contributed by atoms with van der Waals surface area (Å²) in [4.78, 5) is 13.5. The number of aromatic nitrogens is 4. The Morgan fingerprint density at radius 1 is 1.30 bits per heavy atom. The van der Waals surface area contributed by atoms with Crippen LogP contribution in [-0.4, -0.2) is 26.5 Å². The molecule has 0 fully saturated rings. The van der Waals surface area contributed by atoms with Crippen molar-refractivity contribution in [2.75, 3.05) is 12.4 Å². The molecular formula is C18H17BrFN5OS. The highest BCUT2D eigenvalue weighted by atomic mass is 79.9. The van der Waals surface area contributed by atoms with Crippen LogP contribution in [0.15, 0.2) is 42.0 Å². The van der Waals surface area contributed by atoms with Crippen molar-refractivity contribution in [3.8, 4) is 17.1 Å². The summed E-state index contributed by atoms with van der Waals surface area (Å²) >= 11 is 1.45. The molecule has 0 aliphatic rings. The third-order valence-electron chi connectivity index (χ3n) is 3.96. The van der Waals surface area contributed by atoms with Crippen LogP contribution in [0, 0.1) is 5.82 Å². The SMILES string of the molecule is Br.CCc1nc2ncccn2c1-c1csc(Nc2ccc(OC)c(F)c2)n1. The summed E-state index contributed by atoms with van der Waals surface area (Å²) in [6.45, 7) is 2.05. The van der Waals surface area contributed by atoms with E-state index in [1.807, 2.05) is 22.0 Å². The van der Waals surface area contributed by atoms with E-state index in [4.69, 9.17) is 4.74 Å². The van der Waals surface area contributed by atoms with Gasteiger partial charge in [-0.3, -0.25) is 4.40 Å². The maximum absolute atomic E-state index is 13.9. The summed E-state index contributed by atoms with van der Waals surface area (Å²) in [6.07, 6.45) is 4.43. The van der Waals surface area contributed by atoms with Crippen LogP contribution >= 0.6 is 28.3 Å². The summed E-state index contributed by atoms with van der Waals surface area (Å²) in [6, 6.07) is 6.58. The molecule has 3 aromatic heterocycles. The predicted octanol–water partition coefficient (Wildman–Crippen LogP) is 4.88. The molecule has 0 radical (unpaired) electrons. The number of ether oxygens (including phenoxy) is 1. The van der Waals surface area contributed by atoms with Gasteiger partial charge in [0.15, 0.2) is 16.7 Å². The minimum atomic E-state index is -0.421. The Bertz CT molecular complexity index is 1080. The van der Waals surface area contributed by atoms with Gasteiger partial charge in [-0.05, 0) is 24.6 Å². The lowest BCUT2D eigenvalue weighted by Crippen LogP contribution is -1.94. The number of imidazole rings is 1. The highest BCUT2D eigenvalue weighted by Crippen LogP contribution is 2.31. The van der Waals surface area contributed by atoms with E-state index in [1.165, 1.54) is 24.5 Å². The van der Waals surface area contributed by atoms with E-state index < -0.39 is 5.82 Å². The molecule has 3 heterocycles. The number of halogens is 2. The molecule has 0 saturated carbocycles. The van der Waals surface area contributed by atoms with E-state index in [2.05, 4.69) is 27.2 Å². The Hall–Kier alpha value is -2.52. The third-order valence-corrected chi connectivity index (χ3v) is 4.72. The Morgan fingerprint density at radius 2 is 2.15 bits per heavy atom. The van der Waals surface area contributed by atoms with Crippen molar-refractivity contribution in [3.63, 3.8) is 0 Å². The fourth-order valence-corrected chi connectivity index (χ4v) is 3.47. The van der Waals surface area contributed by atoms with Gasteiger partial charge in [0.2, 0.25) is 5.78 Å². The molecule has 9 heteroatoms. The molecule has 0 amide bonds. The van der Waals surface area contributed by atoms with Crippen molar-refractivity contribution in [1.82, 2.24) is 19.4 Å². The smallest absolute Gasteiger partial charge is 0.234 e. The van der Waals surface area contributed by atoms with Crippen LogP contribution in [0.3, 0.4) is 0 Å². The van der Waals surface area contributed by atoms with E-state index in [0.717, 1.165) is 23.5 Å². The predicted molar refractivity (Wildman–Crippen MR) is 110 cm³/mol. The zero-order valence-electron chi connectivity index (χ0n) is 14.6. The minimum absolute atomic E-state index is 0. The van der Waals surface area contributed by atoms with Crippen LogP contribution in [0.25, 0.3) is 17.2 Å². The fraction of sp³-hybridized carbons (Fsp3) is 0.167. The Morgan fingerprint density at radius 3 is 2.89 bits per heavy atom. The highest BCUT2D eigenvalue weighted by molar-refractivity contribution is 8.93. The molecule has 140 valence electrons. The molecule has 0 atom stereocenters. The van der Waals surface area contributed by atoms with E-state index in [9.17, 15) is 4.39 Å². The van der Waals surface area contributed by atoms with E-state index in [1.54, 1.807) is 18.3 Å². The Balaban J connectivity index is 0.00000210. The van der Waals surface area contributed by atoms with Crippen LogP contribution in [0.5, 0.6) is 5.75 Å². The normalized spacial score (nSPS) is 10.6. The Labute approximate surface area is 169 Å². The number of thiazole rings is 1. The number of fused-ring (bicyclic) bond motifs is 1. The van der Waals surface area contributed by atoms with Gasteiger partial charge in [-0.15, -0.1) is 28.3 Å². The molecule has 4 aromatic rings. The number of anilines is 2. The first-order valence-electron chi connectivity index (χ1n) is 8.08. The van der Waals surface area contributed by atoms with E-state index in [0.29, 0.717) is 16.6 Å². The van der Waals surface area contributed by atoms with Crippen LogP contribution in [0.2, 0.25) is 0 Å². The summed E-state index contributed by atoms with van der Waals surface area (Å²) in [5, 5.41) is 5.76. The molecule has 0 bridgehead atoms. The molecule has 0 aliphatic carbocycles. The van der Waals surface area contributed by atoms with Crippen molar-refractivity contribution in [2.24, 2.45) is 0 Å². The average molecular weight is 450 g/mol. The van der Waals surface area contributed by atoms with Crippen LogP contribution in [0.1, 0.15) is 12.6 Å². The number of aryl methyl sites for hydroxylation is 1. The first-order chi connectivity index (χ1) is 12.7. The van der Waals surface area contributed by atoms with Crippen molar-refractivity contribution in [1.29, 1.82) is 0 Å². The summed E-state index contributed by atoms with van der Waals surface area (Å²) in [5.41, 5.74) is 3.29. The second kappa shape index (κ2) is 8.01. The van der Waals surface area contributed by atoms with Gasteiger partial charge in [0.05, 0.1) is 18.5 Å². The molecule has 0 saturated heterocycles. The summed E-state index contributed by atoms with van der Waals surface area (Å²) < 4.78 is 20.7. The summed E-state index contributed by atoms with van der Waals surface area (Å²) in [7, 11) is 1.44. The maximum Gasteiger partial charge on any atom is 0.234 e. The number of hydrogen-bond donors (Lipinski definition) is 1. The Kier molecular flexibility index (Phi) is 5.71. The zero-order chi connectivity index (χ0) is 18.1. The lowest BCUT2D eigenvalue weighted by Gasteiger charge is -2.05. The molecule has 6 nitrogen and oxygen atoms in total. The number of benzene rings is 1. The zero-order valence-corrected chi connectivity index (χ0v) is 17.2. The maximum atomic E-state index is 13.9. The van der Waals surface area contributed by atoms with Gasteiger partial charge in [-0.25, -0.2) is 19.3 Å². The molecule has 0 spiro atoms. The first-order valence-corrected chi connectivity index (χ1v) is 8.96. The fourth-order valence-electron chi connectivity index (χ4n) is 2.76. The van der Waals surface area contributed by atoms with Gasteiger partial charge in [0.1, 0.15) is 5.69 Å². The standard InChI is InChI=1S/C18H16FN5OS.BrH/c1-3-13-16(24-8-4-7-20-17(24)22-13)14-10-26-18(23-14)21-11-5-6-15(25-2)12(19)9-11;/h4-10H,3H2,1-2H3,(H,21,23);1H. The van der Waals surface area contributed by atoms with Gasteiger partial charge in [-0.1, -0.05) is 6.92 Å². The third kappa shape index (κ3) is 3.65. The van der Waals surface area contributed by atoms with Crippen molar-refractivity contribution in [2.45, 2.75) is 13.3 Å². The molecule has 27 heavy (non-hydrogen) atoms. The second-order valence-corrected chi connectivity index (χ2v) is 6.42. The largest absolute Gasteiger partial charge is 0.494 e. The van der Waals surface area contributed by atoms with Gasteiger partial charge in [-0.2, -0.15) is 0 Å². The number of nitrogens with one attached hydrogen (secondary N) is 1. The number of nitrogens with zero attached hydrogens (tertiary/aromatic N) is 4. The molecule has 0 aliphatic heterocycles. The van der Waals surface area contributed by atoms with Gasteiger partial charge < -0.3 is 10.1 Å². The molecular weight excluding hydrogens is 433 g/mol. The van der Waals surface area contributed by atoms with Crippen molar-refractivity contribution < 1.29 is 9.13 Å². The molecule has 1 N–H and O–H groups in total. The van der Waals surface area contributed by atoms with E-state index >= 15 is 0 Å². The monoisotopic (exact) mass is 449 g/mol. The molecule has 0 unspecified atom stereocenters. The van der Waals surface area contributed by atoms with Crippen LogP contribution in [0.4, 0.5) is 15.2 Å². The number of hydrogen-bond acceptors (Lipinski definition) is 6. The second-order valence-electron chi connectivity index (χ2n) is 5.56. The molecule has 1 aromatic carbocycles. The topological polar surface area (TPSA) is 64.3 Å². The van der Waals surface area contributed by atoms with Gasteiger partial charge in [0.25, 0.3) is 0 Å². The van der Waals surface area contributed by atoms with E-state index in [-0.39, 0.29) is 22.7 Å². The quantitative estimate of drug-likeness (QED) is 0.470.